The van der Waals surface area contributed by atoms with E-state index in [-0.39, 0.29) is 24.0 Å². The van der Waals surface area contributed by atoms with E-state index < -0.39 is 0 Å². The minimum atomic E-state index is 0. The Kier molecular flexibility index (Phi) is 8.83. The molecule has 0 atom stereocenters. The number of halogens is 1. The van der Waals surface area contributed by atoms with Crippen molar-refractivity contribution >= 4 is 46.4 Å². The third-order valence-corrected chi connectivity index (χ3v) is 4.27. The predicted molar refractivity (Wildman–Crippen MR) is 112 cm³/mol. The lowest BCUT2D eigenvalue weighted by atomic mass is 10.1. The first kappa shape index (κ1) is 20.5. The van der Waals surface area contributed by atoms with Gasteiger partial charge in [0.1, 0.15) is 5.75 Å². The Labute approximate surface area is 164 Å². The molecule has 2 aromatic rings. The van der Waals surface area contributed by atoms with Crippen molar-refractivity contribution in [1.82, 2.24) is 10.3 Å². The second-order valence-electron chi connectivity index (χ2n) is 5.24. The topological polar surface area (TPSA) is 75.8 Å². The van der Waals surface area contributed by atoms with Crippen molar-refractivity contribution in [3.05, 3.63) is 40.9 Å². The molecule has 0 saturated heterocycles. The number of thiazole rings is 1. The van der Waals surface area contributed by atoms with E-state index in [9.17, 15) is 0 Å². The van der Waals surface area contributed by atoms with Crippen molar-refractivity contribution in [2.75, 3.05) is 32.6 Å². The summed E-state index contributed by atoms with van der Waals surface area (Å²) in [6.45, 7) is 1.23. The molecule has 8 heteroatoms. The van der Waals surface area contributed by atoms with Crippen LogP contribution in [-0.4, -0.2) is 38.7 Å². The average molecular weight is 461 g/mol. The van der Waals surface area contributed by atoms with Gasteiger partial charge in [-0.1, -0.05) is 12.1 Å². The molecule has 1 aromatic carbocycles. The molecule has 132 valence electrons. The van der Waals surface area contributed by atoms with Crippen LogP contribution in [0.2, 0.25) is 0 Å². The molecule has 0 spiro atoms. The summed E-state index contributed by atoms with van der Waals surface area (Å²) in [6, 6.07) is 8.01. The second-order valence-corrected chi connectivity index (χ2v) is 6.08. The number of nitrogens with zero attached hydrogens (tertiary/aromatic N) is 3. The molecule has 0 amide bonds. The number of methoxy groups -OCH3 is 1. The molecular formula is C16H24IN5OS. The Hall–Kier alpha value is -1.55. The molecule has 1 aromatic heterocycles. The van der Waals surface area contributed by atoms with Gasteiger partial charge in [-0.15, -0.1) is 35.3 Å². The van der Waals surface area contributed by atoms with Gasteiger partial charge in [-0.05, 0) is 24.1 Å². The third-order valence-electron chi connectivity index (χ3n) is 3.21. The van der Waals surface area contributed by atoms with Crippen LogP contribution < -0.4 is 20.7 Å². The first-order valence-electron chi connectivity index (χ1n) is 7.37. The summed E-state index contributed by atoms with van der Waals surface area (Å²) in [5, 5.41) is 6.10. The van der Waals surface area contributed by atoms with Gasteiger partial charge in [0.2, 0.25) is 0 Å². The molecule has 0 aliphatic heterocycles. The summed E-state index contributed by atoms with van der Waals surface area (Å²) in [6.07, 6.45) is 0.877. The van der Waals surface area contributed by atoms with E-state index >= 15 is 0 Å². The molecule has 24 heavy (non-hydrogen) atoms. The monoisotopic (exact) mass is 461 g/mol. The Bertz CT molecular complexity index is 642. The zero-order valence-corrected chi connectivity index (χ0v) is 17.3. The minimum Gasteiger partial charge on any atom is -0.497 e. The van der Waals surface area contributed by atoms with Crippen LogP contribution in [0.5, 0.6) is 5.75 Å². The first-order chi connectivity index (χ1) is 11.1. The highest BCUT2D eigenvalue weighted by Crippen LogP contribution is 2.18. The van der Waals surface area contributed by atoms with E-state index in [1.54, 1.807) is 18.4 Å². The van der Waals surface area contributed by atoms with Crippen LogP contribution in [0.15, 0.2) is 34.6 Å². The first-order valence-corrected chi connectivity index (χ1v) is 8.25. The van der Waals surface area contributed by atoms with Gasteiger partial charge in [-0.2, -0.15) is 0 Å². The van der Waals surface area contributed by atoms with Crippen LogP contribution in [0, 0.1) is 0 Å². The molecule has 0 unspecified atom stereocenters. The zero-order valence-electron chi connectivity index (χ0n) is 14.2. The van der Waals surface area contributed by atoms with Crippen LogP contribution in [-0.2, 0) is 13.0 Å². The molecule has 2 rings (SSSR count). The van der Waals surface area contributed by atoms with Gasteiger partial charge in [0, 0.05) is 26.0 Å². The zero-order chi connectivity index (χ0) is 16.7. The number of anilines is 1. The molecule has 0 aliphatic rings. The van der Waals surface area contributed by atoms with E-state index in [1.165, 1.54) is 5.56 Å². The maximum Gasteiger partial charge on any atom is 0.188 e. The maximum atomic E-state index is 5.88. The van der Waals surface area contributed by atoms with Crippen LogP contribution in [0.25, 0.3) is 0 Å². The largest absolute Gasteiger partial charge is 0.497 e. The van der Waals surface area contributed by atoms with Gasteiger partial charge in [-0.3, -0.25) is 0 Å². The number of hydrogen-bond acceptors (Lipinski definition) is 5. The average Bonchev–Trinajstić information content (AvgIpc) is 3.03. The van der Waals surface area contributed by atoms with Crippen molar-refractivity contribution in [1.29, 1.82) is 0 Å². The fraction of sp³-hybridized carbons (Fsp3) is 0.375. The SMILES string of the molecule is COc1ccc(CCNC(N)=NCc2csc(N(C)C)n2)cc1.I. The van der Waals surface area contributed by atoms with Gasteiger partial charge in [0.15, 0.2) is 11.1 Å². The quantitative estimate of drug-likeness (QED) is 0.377. The summed E-state index contributed by atoms with van der Waals surface area (Å²) in [7, 11) is 5.61. The predicted octanol–water partition coefficient (Wildman–Crippen LogP) is 2.48. The van der Waals surface area contributed by atoms with Crippen molar-refractivity contribution in [3.8, 4) is 5.75 Å². The fourth-order valence-electron chi connectivity index (χ4n) is 1.92. The van der Waals surface area contributed by atoms with Gasteiger partial charge in [0.05, 0.1) is 19.3 Å². The van der Waals surface area contributed by atoms with Crippen molar-refractivity contribution in [2.45, 2.75) is 13.0 Å². The second kappa shape index (κ2) is 10.3. The molecule has 0 fully saturated rings. The molecule has 0 aliphatic carbocycles. The van der Waals surface area contributed by atoms with E-state index in [4.69, 9.17) is 10.5 Å². The van der Waals surface area contributed by atoms with Crippen LogP contribution in [0.4, 0.5) is 5.13 Å². The Morgan fingerprint density at radius 1 is 1.33 bits per heavy atom. The van der Waals surface area contributed by atoms with Gasteiger partial charge in [0.25, 0.3) is 0 Å². The van der Waals surface area contributed by atoms with Gasteiger partial charge in [-0.25, -0.2) is 9.98 Å². The number of aliphatic imine (C=N–C) groups is 1. The lowest BCUT2D eigenvalue weighted by molar-refractivity contribution is 0.414. The van der Waals surface area contributed by atoms with Crippen LogP contribution in [0.1, 0.15) is 11.3 Å². The number of rotatable bonds is 7. The summed E-state index contributed by atoms with van der Waals surface area (Å²) >= 11 is 1.60. The number of nitrogens with one attached hydrogen (secondary N) is 1. The summed E-state index contributed by atoms with van der Waals surface area (Å²) in [5.74, 6) is 1.31. The smallest absolute Gasteiger partial charge is 0.188 e. The molecule has 0 radical (unpaired) electrons. The van der Waals surface area contributed by atoms with Crippen molar-refractivity contribution in [2.24, 2.45) is 10.7 Å². The number of benzene rings is 1. The standard InChI is InChI=1S/C16H23N5OS.HI/c1-21(2)16-20-13(11-23-16)10-19-15(17)18-9-8-12-4-6-14(22-3)7-5-12;/h4-7,11H,8-10H2,1-3H3,(H3,17,18,19);1H. The molecule has 3 N–H and O–H groups in total. The maximum absolute atomic E-state index is 5.88. The van der Waals surface area contributed by atoms with Crippen molar-refractivity contribution in [3.63, 3.8) is 0 Å². The highest BCUT2D eigenvalue weighted by molar-refractivity contribution is 14.0. The normalized spacial score (nSPS) is 10.9. The van der Waals surface area contributed by atoms with Gasteiger partial charge < -0.3 is 20.7 Å². The minimum absolute atomic E-state index is 0. The lowest BCUT2D eigenvalue weighted by Crippen LogP contribution is -2.33. The van der Waals surface area contributed by atoms with E-state index in [0.29, 0.717) is 12.5 Å². The molecule has 6 nitrogen and oxygen atoms in total. The van der Waals surface area contributed by atoms with Crippen molar-refractivity contribution < 1.29 is 4.74 Å². The Morgan fingerprint density at radius 2 is 2.04 bits per heavy atom. The fourth-order valence-corrected chi connectivity index (χ4v) is 2.67. The number of aromatic nitrogens is 1. The van der Waals surface area contributed by atoms with Gasteiger partial charge >= 0.3 is 0 Å². The van der Waals surface area contributed by atoms with E-state index in [0.717, 1.165) is 29.5 Å². The Balaban J connectivity index is 0.00000288. The number of nitrogens with two attached hydrogens (primary N) is 1. The summed E-state index contributed by atoms with van der Waals surface area (Å²) < 4.78 is 5.14. The summed E-state index contributed by atoms with van der Waals surface area (Å²) in [5.41, 5.74) is 8.03. The number of hydrogen-bond donors (Lipinski definition) is 2. The number of guanidine groups is 1. The Morgan fingerprint density at radius 3 is 2.62 bits per heavy atom. The highest BCUT2D eigenvalue weighted by atomic mass is 127. The molecule has 0 bridgehead atoms. The third kappa shape index (κ3) is 6.52. The van der Waals surface area contributed by atoms with Crippen LogP contribution in [0.3, 0.4) is 0 Å². The van der Waals surface area contributed by atoms with E-state index in [1.807, 2.05) is 48.6 Å². The number of ether oxygens (including phenoxy) is 1. The highest BCUT2D eigenvalue weighted by Gasteiger charge is 2.03. The molecule has 1 heterocycles. The van der Waals surface area contributed by atoms with Crippen LogP contribution >= 0.6 is 35.3 Å². The van der Waals surface area contributed by atoms with E-state index in [2.05, 4.69) is 15.3 Å². The molecule has 0 saturated carbocycles. The summed E-state index contributed by atoms with van der Waals surface area (Å²) in [4.78, 5) is 10.8. The lowest BCUT2D eigenvalue weighted by Gasteiger charge is -2.06. The molecular weight excluding hydrogens is 437 g/mol.